The van der Waals surface area contributed by atoms with Crippen molar-refractivity contribution in [3.63, 3.8) is 0 Å². The van der Waals surface area contributed by atoms with E-state index < -0.39 is 11.5 Å². The molecule has 78 valence electrons. The highest BCUT2D eigenvalue weighted by atomic mass is 16.5. The highest BCUT2D eigenvalue weighted by molar-refractivity contribution is 5.89. The lowest BCUT2D eigenvalue weighted by Crippen LogP contribution is -2.55. The van der Waals surface area contributed by atoms with Crippen LogP contribution in [0, 0.1) is 0 Å². The van der Waals surface area contributed by atoms with Gasteiger partial charge in [-0.1, -0.05) is 6.08 Å². The molecular weight excluding hydrogens is 186 g/mol. The van der Waals surface area contributed by atoms with E-state index in [1.54, 1.807) is 6.08 Å². The molecule has 0 spiro atoms. The maximum atomic E-state index is 11.2. The molecule has 5 heteroatoms. The van der Waals surface area contributed by atoms with Gasteiger partial charge in [0, 0.05) is 20.6 Å². The van der Waals surface area contributed by atoms with E-state index in [0.29, 0.717) is 6.54 Å². The third-order valence-corrected chi connectivity index (χ3v) is 2.28. The fraction of sp³-hybridized carbons (Fsp3) is 0.556. The minimum atomic E-state index is -1.32. The van der Waals surface area contributed by atoms with Gasteiger partial charge < -0.3 is 14.7 Å². The van der Waals surface area contributed by atoms with Crippen LogP contribution in [0.5, 0.6) is 0 Å². The molecule has 0 saturated carbocycles. The van der Waals surface area contributed by atoms with Crippen molar-refractivity contribution < 1.29 is 19.4 Å². The molecule has 0 aliphatic carbocycles. The van der Waals surface area contributed by atoms with Gasteiger partial charge in [0.2, 0.25) is 5.91 Å². The van der Waals surface area contributed by atoms with Crippen LogP contribution in [-0.2, 0) is 14.3 Å². The van der Waals surface area contributed by atoms with Crippen molar-refractivity contribution in [1.82, 2.24) is 4.90 Å². The van der Waals surface area contributed by atoms with Crippen molar-refractivity contribution in [3.8, 4) is 0 Å². The van der Waals surface area contributed by atoms with Gasteiger partial charge in [0.25, 0.3) is 0 Å². The van der Waals surface area contributed by atoms with Crippen molar-refractivity contribution in [2.45, 2.75) is 12.5 Å². The number of carboxylic acids is 1. The van der Waals surface area contributed by atoms with Crippen molar-refractivity contribution in [2.75, 3.05) is 20.3 Å². The number of ether oxygens (including phenoxy) is 1. The van der Waals surface area contributed by atoms with Gasteiger partial charge in [-0.3, -0.25) is 4.79 Å². The first-order valence-electron chi connectivity index (χ1n) is 4.23. The smallest absolute Gasteiger partial charge is 0.336 e. The van der Waals surface area contributed by atoms with Crippen molar-refractivity contribution in [1.29, 1.82) is 0 Å². The van der Waals surface area contributed by atoms with Crippen LogP contribution in [0.4, 0.5) is 0 Å². The first-order chi connectivity index (χ1) is 6.54. The Kier molecular flexibility index (Phi) is 2.90. The third kappa shape index (κ3) is 1.50. The number of carbonyl (C=O) groups excluding carboxylic acids is 1. The zero-order valence-electron chi connectivity index (χ0n) is 8.19. The summed E-state index contributed by atoms with van der Waals surface area (Å²) in [6.07, 6.45) is 3.16. The van der Waals surface area contributed by atoms with Crippen LogP contribution < -0.4 is 0 Å². The molecule has 1 atom stereocenters. The summed E-state index contributed by atoms with van der Waals surface area (Å²) in [4.78, 5) is 23.6. The van der Waals surface area contributed by atoms with E-state index in [0.717, 1.165) is 0 Å². The molecule has 1 N–H and O–H groups in total. The fourth-order valence-electron chi connectivity index (χ4n) is 1.61. The molecule has 1 aliphatic heterocycles. The predicted octanol–water partition coefficient (Wildman–Crippen LogP) is -0.126. The molecule has 1 unspecified atom stereocenters. The summed E-state index contributed by atoms with van der Waals surface area (Å²) in [5.41, 5.74) is -1.32. The van der Waals surface area contributed by atoms with Gasteiger partial charge in [-0.2, -0.15) is 0 Å². The molecule has 0 aromatic carbocycles. The second-order valence-corrected chi connectivity index (χ2v) is 3.19. The summed E-state index contributed by atoms with van der Waals surface area (Å²) in [6, 6.07) is 0. The van der Waals surface area contributed by atoms with Crippen LogP contribution >= 0.6 is 0 Å². The van der Waals surface area contributed by atoms with Gasteiger partial charge in [0.15, 0.2) is 5.54 Å². The number of carboxylic acid groups (broad SMARTS) is 1. The van der Waals surface area contributed by atoms with Gasteiger partial charge in [-0.25, -0.2) is 4.79 Å². The van der Waals surface area contributed by atoms with Crippen LogP contribution in [0.1, 0.15) is 6.92 Å². The number of hydrogen-bond acceptors (Lipinski definition) is 3. The van der Waals surface area contributed by atoms with Crippen molar-refractivity contribution in [2.24, 2.45) is 0 Å². The summed E-state index contributed by atoms with van der Waals surface area (Å²) in [5, 5.41) is 9.09. The summed E-state index contributed by atoms with van der Waals surface area (Å²) in [5.74, 6) is -1.34. The van der Waals surface area contributed by atoms with Gasteiger partial charge in [0.05, 0.1) is 6.61 Å². The van der Waals surface area contributed by atoms with Crippen LogP contribution in [-0.4, -0.2) is 47.7 Å². The summed E-state index contributed by atoms with van der Waals surface area (Å²) >= 11 is 0. The summed E-state index contributed by atoms with van der Waals surface area (Å²) in [6.45, 7) is 1.64. The Morgan fingerprint density at radius 3 is 2.71 bits per heavy atom. The molecule has 0 aromatic rings. The molecule has 0 radical (unpaired) electrons. The molecule has 0 saturated heterocycles. The van der Waals surface area contributed by atoms with E-state index in [1.165, 1.54) is 25.0 Å². The Morgan fingerprint density at radius 2 is 2.29 bits per heavy atom. The molecule has 14 heavy (non-hydrogen) atoms. The molecule has 0 aromatic heterocycles. The molecule has 0 fully saturated rings. The lowest BCUT2D eigenvalue weighted by Gasteiger charge is -2.32. The Labute approximate surface area is 82.0 Å². The highest BCUT2D eigenvalue weighted by Gasteiger charge is 2.46. The largest absolute Gasteiger partial charge is 0.479 e. The molecule has 5 nitrogen and oxygen atoms in total. The van der Waals surface area contributed by atoms with E-state index >= 15 is 0 Å². The fourth-order valence-corrected chi connectivity index (χ4v) is 1.61. The van der Waals surface area contributed by atoms with Crippen LogP contribution in [0.2, 0.25) is 0 Å². The lowest BCUT2D eigenvalue weighted by molar-refractivity contribution is -0.156. The van der Waals surface area contributed by atoms with E-state index in [1.807, 2.05) is 0 Å². The number of hydrogen-bond donors (Lipinski definition) is 1. The standard InChI is InChI=1S/C9H13NO4/c1-7(11)10-5-3-4-9(10,6-14-2)8(12)13/h3-4H,5-6H2,1-2H3,(H,12,13). The molecule has 1 heterocycles. The average molecular weight is 199 g/mol. The number of methoxy groups -OCH3 is 1. The van der Waals surface area contributed by atoms with Gasteiger partial charge in [-0.15, -0.1) is 0 Å². The molecule has 1 rings (SSSR count). The normalized spacial score (nSPS) is 25.4. The number of nitrogens with zero attached hydrogens (tertiary/aromatic N) is 1. The van der Waals surface area contributed by atoms with Gasteiger partial charge in [-0.05, 0) is 6.08 Å². The molecule has 1 amide bonds. The quantitative estimate of drug-likeness (QED) is 0.643. The zero-order chi connectivity index (χ0) is 10.8. The Bertz CT molecular complexity index is 287. The Balaban J connectivity index is 3.00. The van der Waals surface area contributed by atoms with Crippen LogP contribution in [0.3, 0.4) is 0 Å². The average Bonchev–Trinajstić information content (AvgIpc) is 2.50. The first kappa shape index (κ1) is 10.7. The van der Waals surface area contributed by atoms with E-state index in [2.05, 4.69) is 0 Å². The molecular formula is C9H13NO4. The maximum absolute atomic E-state index is 11.2. The highest BCUT2D eigenvalue weighted by Crippen LogP contribution is 2.24. The summed E-state index contributed by atoms with van der Waals surface area (Å²) < 4.78 is 4.84. The minimum absolute atomic E-state index is 0.0294. The van der Waals surface area contributed by atoms with Gasteiger partial charge >= 0.3 is 5.97 Å². The Hall–Kier alpha value is -1.36. The van der Waals surface area contributed by atoms with Crippen molar-refractivity contribution >= 4 is 11.9 Å². The summed E-state index contributed by atoms with van der Waals surface area (Å²) in [7, 11) is 1.41. The number of aliphatic carboxylic acids is 1. The van der Waals surface area contributed by atoms with E-state index in [9.17, 15) is 9.59 Å². The second-order valence-electron chi connectivity index (χ2n) is 3.19. The lowest BCUT2D eigenvalue weighted by atomic mass is 10.0. The van der Waals surface area contributed by atoms with Crippen LogP contribution in [0.25, 0.3) is 0 Å². The SMILES string of the molecule is COCC1(C(=O)O)C=CCN1C(C)=O. The molecule has 1 aliphatic rings. The Morgan fingerprint density at radius 1 is 1.64 bits per heavy atom. The first-order valence-corrected chi connectivity index (χ1v) is 4.23. The predicted molar refractivity (Wildman–Crippen MR) is 48.8 cm³/mol. The van der Waals surface area contributed by atoms with E-state index in [-0.39, 0.29) is 12.5 Å². The number of amides is 1. The number of rotatable bonds is 3. The van der Waals surface area contributed by atoms with Gasteiger partial charge in [0.1, 0.15) is 0 Å². The monoisotopic (exact) mass is 199 g/mol. The molecule has 0 bridgehead atoms. The third-order valence-electron chi connectivity index (χ3n) is 2.28. The number of carbonyl (C=O) groups is 2. The maximum Gasteiger partial charge on any atom is 0.336 e. The minimum Gasteiger partial charge on any atom is -0.479 e. The van der Waals surface area contributed by atoms with Crippen molar-refractivity contribution in [3.05, 3.63) is 12.2 Å². The van der Waals surface area contributed by atoms with Crippen LogP contribution in [0.15, 0.2) is 12.2 Å². The zero-order valence-corrected chi connectivity index (χ0v) is 8.19. The second kappa shape index (κ2) is 3.79. The topological polar surface area (TPSA) is 66.8 Å². The van der Waals surface area contributed by atoms with E-state index in [4.69, 9.17) is 9.84 Å².